The summed E-state index contributed by atoms with van der Waals surface area (Å²) in [4.78, 5) is 79.5. The summed E-state index contributed by atoms with van der Waals surface area (Å²) in [6.45, 7) is 22.9. The Morgan fingerprint density at radius 1 is 0.539 bits per heavy atom. The second-order valence-corrected chi connectivity index (χ2v) is 24.0. The van der Waals surface area contributed by atoms with Gasteiger partial charge in [-0.2, -0.15) is 0 Å². The highest BCUT2D eigenvalue weighted by Gasteiger charge is 2.54. The Morgan fingerprint density at radius 3 is 1.50 bits per heavy atom. The maximum atomic E-state index is 14.1. The molecular formula is C49H89N7O20. The summed E-state index contributed by atoms with van der Waals surface area (Å²) in [7, 11) is 0. The van der Waals surface area contributed by atoms with Crippen molar-refractivity contribution >= 4 is 36.4 Å². The minimum Gasteiger partial charge on any atom is -0.444 e. The van der Waals surface area contributed by atoms with Crippen molar-refractivity contribution < 1.29 is 96.9 Å². The Balaban J connectivity index is 2.22. The van der Waals surface area contributed by atoms with Crippen LogP contribution in [0, 0.1) is 0 Å². The highest BCUT2D eigenvalue weighted by Crippen LogP contribution is 2.34. The zero-order chi connectivity index (χ0) is 57.7. The monoisotopic (exact) mass is 1100 g/mol. The molecule has 3 aliphatic rings. The van der Waals surface area contributed by atoms with Crippen LogP contribution in [0.25, 0.3) is 0 Å². The van der Waals surface area contributed by atoms with Crippen LogP contribution >= 0.6 is 0 Å². The lowest BCUT2D eigenvalue weighted by Gasteiger charge is -2.51. The van der Waals surface area contributed by atoms with Gasteiger partial charge in [0.1, 0.15) is 52.4 Å². The molecule has 3 fully saturated rings. The molecule has 0 spiro atoms. The van der Waals surface area contributed by atoms with Crippen molar-refractivity contribution in [3.05, 3.63) is 0 Å². The van der Waals surface area contributed by atoms with Gasteiger partial charge in [-0.05, 0) is 130 Å². The molecule has 0 aromatic carbocycles. The largest absolute Gasteiger partial charge is 0.444 e. The van der Waals surface area contributed by atoms with E-state index in [0.717, 1.165) is 0 Å². The molecule has 12 N–H and O–H groups in total. The van der Waals surface area contributed by atoms with E-state index in [1.807, 2.05) is 0 Å². The normalized spacial score (nSPS) is 28.9. The molecule has 27 heteroatoms. The van der Waals surface area contributed by atoms with Gasteiger partial charge >= 0.3 is 30.5 Å². The first-order valence-electron chi connectivity index (χ1n) is 25.7. The van der Waals surface area contributed by atoms with Crippen LogP contribution in [0.2, 0.25) is 0 Å². The molecule has 1 aliphatic carbocycles. The number of carbonyl (C=O) groups excluding carboxylic acids is 6. The first-order chi connectivity index (χ1) is 34.9. The molecule has 14 atom stereocenters. The number of amides is 6. The van der Waals surface area contributed by atoms with Gasteiger partial charge in [0.2, 0.25) is 5.91 Å². The van der Waals surface area contributed by atoms with Gasteiger partial charge < -0.3 is 105 Å². The summed E-state index contributed by atoms with van der Waals surface area (Å²) < 4.78 is 53.2. The smallest absolute Gasteiger partial charge is 0.408 e. The van der Waals surface area contributed by atoms with E-state index < -0.39 is 163 Å². The van der Waals surface area contributed by atoms with E-state index in [9.17, 15) is 54.3 Å². The van der Waals surface area contributed by atoms with Crippen LogP contribution in [0.15, 0.2) is 0 Å². The SMILES string of the molecule is CC(C)(C)OC(=O)NCC[C@H](O)C(=O)N[C@@H]1C[C@H](NC(=O)OC(C)(C)C)C(O[C@@H]2OC(CNC(=O)OC(C)(C)C)CCC2NC(=O)OC(C)(C)C)C(NCCO)[C@@H]1O[C@@H]1OC(CO)[C@H](O)[C@H](NC(=O)OC(C)(C)C)C1O. The van der Waals surface area contributed by atoms with E-state index in [0.29, 0.717) is 0 Å². The number of aliphatic hydroxyl groups is 5. The highest BCUT2D eigenvalue weighted by molar-refractivity contribution is 5.81. The third-order valence-corrected chi connectivity index (χ3v) is 11.1. The van der Waals surface area contributed by atoms with Crippen LogP contribution in [0.3, 0.4) is 0 Å². The second-order valence-electron chi connectivity index (χ2n) is 24.0. The van der Waals surface area contributed by atoms with Crippen LogP contribution < -0.4 is 37.2 Å². The van der Waals surface area contributed by atoms with Gasteiger partial charge in [-0.1, -0.05) is 0 Å². The number of nitrogens with one attached hydrogen (secondary N) is 7. The fourth-order valence-corrected chi connectivity index (χ4v) is 8.19. The summed E-state index contributed by atoms with van der Waals surface area (Å²) >= 11 is 0. The second kappa shape index (κ2) is 27.8. The van der Waals surface area contributed by atoms with Crippen molar-refractivity contribution in [2.24, 2.45) is 0 Å². The van der Waals surface area contributed by atoms with Gasteiger partial charge in [-0.25, -0.2) is 24.0 Å². The van der Waals surface area contributed by atoms with Crippen LogP contribution in [0.5, 0.6) is 0 Å². The van der Waals surface area contributed by atoms with Gasteiger partial charge in [0.25, 0.3) is 0 Å². The molecule has 76 heavy (non-hydrogen) atoms. The number of ether oxygens (including phenoxy) is 9. The van der Waals surface area contributed by atoms with Crippen molar-refractivity contribution in [3.63, 3.8) is 0 Å². The number of aliphatic hydroxyl groups excluding tert-OH is 5. The Bertz CT molecular complexity index is 1900. The Kier molecular flexibility index (Phi) is 24.1. The van der Waals surface area contributed by atoms with E-state index in [1.54, 1.807) is 104 Å². The maximum absolute atomic E-state index is 14.1. The van der Waals surface area contributed by atoms with Gasteiger partial charge in [0.05, 0.1) is 61.7 Å². The van der Waals surface area contributed by atoms with Crippen LogP contribution in [0.1, 0.15) is 130 Å². The van der Waals surface area contributed by atoms with Crippen molar-refractivity contribution in [1.29, 1.82) is 0 Å². The summed E-state index contributed by atoms with van der Waals surface area (Å²) in [5.74, 6) is -0.989. The number of carbonyl (C=O) groups is 6. The Morgan fingerprint density at radius 2 is 1.00 bits per heavy atom. The lowest BCUT2D eigenvalue weighted by atomic mass is 9.81. The number of alkyl carbamates (subject to hydrolysis) is 5. The van der Waals surface area contributed by atoms with Gasteiger partial charge in [-0.3, -0.25) is 4.79 Å². The van der Waals surface area contributed by atoms with Gasteiger partial charge in [-0.15, -0.1) is 0 Å². The predicted octanol–water partition coefficient (Wildman–Crippen LogP) is 1.02. The van der Waals surface area contributed by atoms with Gasteiger partial charge in [0.15, 0.2) is 12.6 Å². The fourth-order valence-electron chi connectivity index (χ4n) is 8.19. The standard InChI is InChI=1S/C49H89N7O20/c1-45(2,3)72-40(63)51-19-18-29(59)37(62)53-27-22-28(55-43(66)75-48(10,11)12)36(70-38-26(54-42(65)74-47(7,8)9)17-16-25(68-38)23-52-41(64)73-46(4,5)6)32(50-20-21-57)35(27)71-39-34(61)31(33(60)30(24-58)69-39)56-44(67)76-49(13,14)15/h25-36,38-39,50,57-61H,16-24H2,1-15H3,(H,51,63)(H,52,64)(H,53,62)(H,54,65)(H,55,66)(H,56,67)/t25?,26?,27-,28+,29+,30?,31+,32?,33+,34?,35-,36?,38+,39+/m1/s1. The average Bonchev–Trinajstić information content (AvgIpc) is 3.23. The zero-order valence-electron chi connectivity index (χ0n) is 46.8. The fraction of sp³-hybridized carbons (Fsp3) is 0.878. The average molecular weight is 1100 g/mol. The molecule has 2 heterocycles. The van der Waals surface area contributed by atoms with E-state index in [4.69, 9.17) is 42.6 Å². The molecule has 0 aromatic heterocycles. The molecule has 3 rings (SSSR count). The Labute approximate surface area is 445 Å². The first-order valence-corrected chi connectivity index (χ1v) is 25.7. The molecule has 0 radical (unpaired) electrons. The van der Waals surface area contributed by atoms with Crippen molar-refractivity contribution in [2.45, 2.75) is 243 Å². The van der Waals surface area contributed by atoms with Crippen molar-refractivity contribution in [3.8, 4) is 0 Å². The molecular weight excluding hydrogens is 1010 g/mol. The molecule has 1 saturated carbocycles. The molecule has 0 aromatic rings. The maximum Gasteiger partial charge on any atom is 0.408 e. The molecule has 27 nitrogen and oxygen atoms in total. The van der Waals surface area contributed by atoms with Crippen LogP contribution in [-0.4, -0.2) is 208 Å². The molecule has 6 unspecified atom stereocenters. The topological polar surface area (TPSA) is 371 Å². The van der Waals surface area contributed by atoms with Crippen LogP contribution in [0.4, 0.5) is 24.0 Å². The molecule has 6 amide bonds. The number of hydrogen-bond acceptors (Lipinski definition) is 21. The summed E-state index contributed by atoms with van der Waals surface area (Å²) in [6.07, 6.45) is -18.4. The number of hydrogen-bond donors (Lipinski definition) is 12. The van der Waals surface area contributed by atoms with Crippen LogP contribution in [-0.2, 0) is 47.4 Å². The quantitative estimate of drug-likeness (QED) is 0.0853. The summed E-state index contributed by atoms with van der Waals surface area (Å²) in [5.41, 5.74) is -4.62. The Hall–Kier alpha value is -4.58. The van der Waals surface area contributed by atoms with E-state index >= 15 is 0 Å². The summed E-state index contributed by atoms with van der Waals surface area (Å²) in [6, 6.07) is -6.45. The van der Waals surface area contributed by atoms with Crippen molar-refractivity contribution in [2.75, 3.05) is 32.8 Å². The van der Waals surface area contributed by atoms with E-state index in [1.165, 1.54) is 0 Å². The first kappa shape index (κ1) is 65.7. The highest BCUT2D eigenvalue weighted by atomic mass is 16.7. The third-order valence-electron chi connectivity index (χ3n) is 11.1. The lowest BCUT2D eigenvalue weighted by Crippen LogP contribution is -2.73. The summed E-state index contributed by atoms with van der Waals surface area (Å²) in [5, 5.41) is 74.2. The minimum absolute atomic E-state index is 0.0763. The molecule has 440 valence electrons. The van der Waals surface area contributed by atoms with Gasteiger partial charge in [0, 0.05) is 19.6 Å². The molecule has 2 aliphatic heterocycles. The molecule has 0 bridgehead atoms. The lowest BCUT2D eigenvalue weighted by molar-refractivity contribution is -0.306. The minimum atomic E-state index is -1.93. The van der Waals surface area contributed by atoms with Crippen molar-refractivity contribution in [1.82, 2.24) is 37.2 Å². The van der Waals surface area contributed by atoms with E-state index in [-0.39, 0.29) is 45.3 Å². The van der Waals surface area contributed by atoms with E-state index in [2.05, 4.69) is 37.2 Å². The zero-order valence-corrected chi connectivity index (χ0v) is 46.8. The number of rotatable bonds is 18. The molecule has 2 saturated heterocycles. The third kappa shape index (κ3) is 23.2. The predicted molar refractivity (Wildman–Crippen MR) is 269 cm³/mol.